The summed E-state index contributed by atoms with van der Waals surface area (Å²) in [6.45, 7) is 2.60. The molecule has 1 aromatic heterocycles. The first kappa shape index (κ1) is 18.5. The fraction of sp³-hybridized carbons (Fsp3) is 0.286. The molecule has 144 valence electrons. The molecule has 1 amide bonds. The van der Waals surface area contributed by atoms with Crippen LogP contribution in [0.5, 0.6) is 0 Å². The van der Waals surface area contributed by atoms with Gasteiger partial charge in [0.1, 0.15) is 0 Å². The zero-order valence-corrected chi connectivity index (χ0v) is 16.2. The highest BCUT2D eigenvalue weighted by atomic mass is 35.5. The Labute approximate surface area is 167 Å². The van der Waals surface area contributed by atoms with Crippen LogP contribution in [0.15, 0.2) is 53.5 Å². The fourth-order valence-corrected chi connectivity index (χ4v) is 3.83. The van der Waals surface area contributed by atoms with E-state index in [1.165, 1.54) is 17.5 Å². The van der Waals surface area contributed by atoms with Crippen molar-refractivity contribution in [1.82, 2.24) is 15.1 Å². The first-order valence-electron chi connectivity index (χ1n) is 9.41. The second kappa shape index (κ2) is 8.02. The number of nitrogens with zero attached hydrogens (tertiary/aromatic N) is 3. The van der Waals surface area contributed by atoms with E-state index in [1.807, 2.05) is 24.3 Å². The molecular weight excluding hydrogens is 376 g/mol. The Hall–Kier alpha value is -2.86. The second-order valence-corrected chi connectivity index (χ2v) is 7.28. The molecule has 28 heavy (non-hydrogen) atoms. The number of carbonyl (C=O) groups is 1. The van der Waals surface area contributed by atoms with Crippen LogP contribution in [0.2, 0.25) is 5.02 Å². The topological polar surface area (TPSA) is 67.2 Å². The van der Waals surface area contributed by atoms with Crippen LogP contribution in [0.25, 0.3) is 10.8 Å². The van der Waals surface area contributed by atoms with E-state index in [2.05, 4.69) is 15.3 Å². The normalized spacial score (nSPS) is 13.8. The average molecular weight is 397 g/mol. The Bertz CT molecular complexity index is 1070. The van der Waals surface area contributed by atoms with Gasteiger partial charge in [-0.2, -0.15) is 5.10 Å². The minimum absolute atomic E-state index is 0.162. The summed E-state index contributed by atoms with van der Waals surface area (Å²) in [6, 6.07) is 12.7. The number of anilines is 1. The SMILES string of the molecule is O=C(NCCn1ncc2ccccc2c1=O)c1ccc(N2CCCC2)c(Cl)c1. The molecule has 7 heteroatoms. The highest BCUT2D eigenvalue weighted by Gasteiger charge is 2.16. The number of hydrogen-bond acceptors (Lipinski definition) is 4. The summed E-state index contributed by atoms with van der Waals surface area (Å²) in [7, 11) is 0. The Morgan fingerprint density at radius 1 is 1.14 bits per heavy atom. The number of fused-ring (bicyclic) bond motifs is 1. The van der Waals surface area contributed by atoms with Gasteiger partial charge in [-0.05, 0) is 37.1 Å². The lowest BCUT2D eigenvalue weighted by molar-refractivity contribution is 0.0952. The maximum absolute atomic E-state index is 12.4. The lowest BCUT2D eigenvalue weighted by Crippen LogP contribution is -2.32. The lowest BCUT2D eigenvalue weighted by Gasteiger charge is -2.19. The third-order valence-electron chi connectivity index (χ3n) is 5.03. The quantitative estimate of drug-likeness (QED) is 0.719. The Morgan fingerprint density at radius 2 is 1.93 bits per heavy atom. The van der Waals surface area contributed by atoms with Crippen LogP contribution in [-0.4, -0.2) is 35.3 Å². The monoisotopic (exact) mass is 396 g/mol. The Kier molecular flexibility index (Phi) is 5.30. The van der Waals surface area contributed by atoms with Gasteiger partial charge in [-0.25, -0.2) is 4.68 Å². The molecule has 0 spiro atoms. The number of rotatable bonds is 5. The molecule has 0 atom stereocenters. The largest absolute Gasteiger partial charge is 0.370 e. The summed E-state index contributed by atoms with van der Waals surface area (Å²) >= 11 is 6.38. The lowest BCUT2D eigenvalue weighted by atomic mass is 10.2. The molecule has 4 rings (SSSR count). The van der Waals surface area contributed by atoms with E-state index in [0.29, 0.717) is 29.1 Å². The summed E-state index contributed by atoms with van der Waals surface area (Å²) in [4.78, 5) is 27.1. The number of amides is 1. The zero-order valence-electron chi connectivity index (χ0n) is 15.4. The summed E-state index contributed by atoms with van der Waals surface area (Å²) in [6.07, 6.45) is 4.00. The van der Waals surface area contributed by atoms with Gasteiger partial charge in [0, 0.05) is 30.6 Å². The predicted octanol–water partition coefficient (Wildman–Crippen LogP) is 3.08. The number of hydrogen-bond donors (Lipinski definition) is 1. The average Bonchev–Trinajstić information content (AvgIpc) is 3.24. The molecule has 0 radical (unpaired) electrons. The fourth-order valence-electron chi connectivity index (χ4n) is 3.53. The van der Waals surface area contributed by atoms with E-state index in [9.17, 15) is 9.59 Å². The third-order valence-corrected chi connectivity index (χ3v) is 5.33. The standard InChI is InChI=1S/C21H21ClN4O2/c22-18-13-15(7-8-19(18)25-10-3-4-11-25)20(27)23-9-12-26-21(28)17-6-2-1-5-16(17)14-24-26/h1-2,5-8,13-14H,3-4,9-12H2,(H,23,27). The van der Waals surface area contributed by atoms with Gasteiger partial charge >= 0.3 is 0 Å². The molecule has 1 fully saturated rings. The molecule has 6 nitrogen and oxygen atoms in total. The number of aromatic nitrogens is 2. The second-order valence-electron chi connectivity index (χ2n) is 6.88. The molecule has 0 saturated carbocycles. The molecule has 0 unspecified atom stereocenters. The van der Waals surface area contributed by atoms with E-state index >= 15 is 0 Å². The van der Waals surface area contributed by atoms with Gasteiger partial charge < -0.3 is 10.2 Å². The summed E-state index contributed by atoms with van der Waals surface area (Å²) in [5.41, 5.74) is 1.32. The van der Waals surface area contributed by atoms with Crippen molar-refractivity contribution >= 4 is 34.0 Å². The minimum Gasteiger partial charge on any atom is -0.370 e. The smallest absolute Gasteiger partial charge is 0.274 e. The first-order valence-corrected chi connectivity index (χ1v) is 9.79. The summed E-state index contributed by atoms with van der Waals surface area (Å²) < 4.78 is 1.37. The van der Waals surface area contributed by atoms with Gasteiger partial charge in [0.25, 0.3) is 11.5 Å². The van der Waals surface area contributed by atoms with E-state index in [1.54, 1.807) is 24.4 Å². The number of carbonyl (C=O) groups excluding carboxylic acids is 1. The molecule has 3 aromatic rings. The highest BCUT2D eigenvalue weighted by molar-refractivity contribution is 6.33. The van der Waals surface area contributed by atoms with Gasteiger partial charge in [0.05, 0.1) is 28.8 Å². The summed E-state index contributed by atoms with van der Waals surface area (Å²) in [5.74, 6) is -0.219. The zero-order chi connectivity index (χ0) is 19.5. The third kappa shape index (κ3) is 3.73. The molecule has 2 heterocycles. The van der Waals surface area contributed by atoms with Crippen molar-refractivity contribution in [3.8, 4) is 0 Å². The van der Waals surface area contributed by atoms with E-state index in [4.69, 9.17) is 11.6 Å². The van der Waals surface area contributed by atoms with Crippen molar-refractivity contribution in [3.05, 3.63) is 69.6 Å². The van der Waals surface area contributed by atoms with E-state index in [-0.39, 0.29) is 11.5 Å². The van der Waals surface area contributed by atoms with Crippen molar-refractivity contribution in [3.63, 3.8) is 0 Å². The van der Waals surface area contributed by atoms with Crippen LogP contribution in [0.1, 0.15) is 23.2 Å². The van der Waals surface area contributed by atoms with Crippen LogP contribution in [0.4, 0.5) is 5.69 Å². The van der Waals surface area contributed by atoms with Crippen molar-refractivity contribution in [1.29, 1.82) is 0 Å². The van der Waals surface area contributed by atoms with E-state index < -0.39 is 0 Å². The molecule has 1 aliphatic rings. The van der Waals surface area contributed by atoms with Crippen LogP contribution < -0.4 is 15.8 Å². The number of benzene rings is 2. The van der Waals surface area contributed by atoms with Crippen molar-refractivity contribution in [2.75, 3.05) is 24.5 Å². The molecule has 0 aliphatic carbocycles. The number of nitrogens with one attached hydrogen (secondary N) is 1. The predicted molar refractivity (Wildman–Crippen MR) is 111 cm³/mol. The van der Waals surface area contributed by atoms with Crippen LogP contribution in [-0.2, 0) is 6.54 Å². The molecule has 1 N–H and O–H groups in total. The van der Waals surface area contributed by atoms with Crippen molar-refractivity contribution in [2.45, 2.75) is 19.4 Å². The van der Waals surface area contributed by atoms with Gasteiger partial charge in [-0.3, -0.25) is 9.59 Å². The van der Waals surface area contributed by atoms with Crippen molar-refractivity contribution in [2.24, 2.45) is 0 Å². The molecule has 0 bridgehead atoms. The van der Waals surface area contributed by atoms with Gasteiger partial charge in [0.2, 0.25) is 0 Å². The van der Waals surface area contributed by atoms with Crippen LogP contribution in [0, 0.1) is 0 Å². The van der Waals surface area contributed by atoms with E-state index in [0.717, 1.165) is 24.2 Å². The van der Waals surface area contributed by atoms with Gasteiger partial charge in [-0.1, -0.05) is 29.8 Å². The Morgan fingerprint density at radius 3 is 2.71 bits per heavy atom. The van der Waals surface area contributed by atoms with Gasteiger partial charge in [-0.15, -0.1) is 0 Å². The maximum atomic E-state index is 12.4. The number of halogens is 1. The molecular formula is C21H21ClN4O2. The highest BCUT2D eigenvalue weighted by Crippen LogP contribution is 2.29. The minimum atomic E-state index is -0.219. The van der Waals surface area contributed by atoms with Crippen molar-refractivity contribution < 1.29 is 4.79 Å². The first-order chi connectivity index (χ1) is 13.6. The summed E-state index contributed by atoms with van der Waals surface area (Å²) in [5, 5.41) is 9.01. The molecule has 1 aliphatic heterocycles. The maximum Gasteiger partial charge on any atom is 0.274 e. The molecule has 1 saturated heterocycles. The Balaban J connectivity index is 1.40. The van der Waals surface area contributed by atoms with Crippen LogP contribution >= 0.6 is 11.6 Å². The van der Waals surface area contributed by atoms with Crippen LogP contribution in [0.3, 0.4) is 0 Å². The molecule has 2 aromatic carbocycles. The van der Waals surface area contributed by atoms with Gasteiger partial charge in [0.15, 0.2) is 0 Å².